The van der Waals surface area contributed by atoms with Crippen LogP contribution in [0.2, 0.25) is 0 Å². The van der Waals surface area contributed by atoms with Crippen molar-refractivity contribution in [1.29, 1.82) is 0 Å². The molecule has 0 bridgehead atoms. The van der Waals surface area contributed by atoms with Gasteiger partial charge in [0.15, 0.2) is 10.9 Å². The minimum Gasteiger partial charge on any atom is -0.383 e. The van der Waals surface area contributed by atoms with Crippen molar-refractivity contribution in [3.8, 4) is 0 Å². The van der Waals surface area contributed by atoms with E-state index in [0.29, 0.717) is 22.4 Å². The largest absolute Gasteiger partial charge is 0.383 e. The fourth-order valence-electron chi connectivity index (χ4n) is 1.58. The van der Waals surface area contributed by atoms with Crippen LogP contribution in [0, 0.1) is 0 Å². The lowest BCUT2D eigenvalue weighted by Gasteiger charge is -2.10. The summed E-state index contributed by atoms with van der Waals surface area (Å²) in [5.74, 6) is 0.596. The van der Waals surface area contributed by atoms with Crippen molar-refractivity contribution in [2.45, 2.75) is 17.3 Å². The number of nitrogen functional groups attached to an aromatic ring is 2. The van der Waals surface area contributed by atoms with Crippen molar-refractivity contribution in [2.75, 3.05) is 11.5 Å². The highest BCUT2D eigenvalue weighted by Crippen LogP contribution is 2.24. The second kappa shape index (κ2) is 6.23. The van der Waals surface area contributed by atoms with Gasteiger partial charge >= 0.3 is 0 Å². The second-order valence-electron chi connectivity index (χ2n) is 4.13. The number of ketones is 1. The van der Waals surface area contributed by atoms with Gasteiger partial charge in [-0.3, -0.25) is 4.79 Å². The molecule has 20 heavy (non-hydrogen) atoms. The maximum atomic E-state index is 12.3. The summed E-state index contributed by atoms with van der Waals surface area (Å²) in [4.78, 5) is 20.4. The molecule has 1 heterocycles. The Morgan fingerprint density at radius 3 is 2.30 bits per heavy atom. The summed E-state index contributed by atoms with van der Waals surface area (Å²) in [6.07, 6.45) is 0. The minimum absolute atomic E-state index is 0.00657. The number of nitrogens with two attached hydrogens (primary N) is 2. The minimum atomic E-state index is -0.322. The fraction of sp³-hybridized carbons (Fsp3) is 0.154. The zero-order chi connectivity index (χ0) is 14.7. The molecule has 2 aromatic rings. The summed E-state index contributed by atoms with van der Waals surface area (Å²) in [5, 5.41) is 0.0813. The van der Waals surface area contributed by atoms with Gasteiger partial charge in [0.05, 0.1) is 5.25 Å². The number of anilines is 2. The lowest BCUT2D eigenvalue weighted by atomic mass is 10.1. The summed E-state index contributed by atoms with van der Waals surface area (Å²) < 4.78 is 0.932. The van der Waals surface area contributed by atoms with E-state index in [-0.39, 0.29) is 11.0 Å². The Bertz CT molecular complexity index is 613. The second-order valence-corrected chi connectivity index (χ2v) is 6.36. The molecule has 1 aromatic carbocycles. The summed E-state index contributed by atoms with van der Waals surface area (Å²) >= 11 is 4.57. The topological polar surface area (TPSA) is 94.9 Å². The van der Waals surface area contributed by atoms with Crippen molar-refractivity contribution in [2.24, 2.45) is 0 Å². The molecule has 0 amide bonds. The van der Waals surface area contributed by atoms with Crippen LogP contribution >= 0.6 is 27.7 Å². The van der Waals surface area contributed by atoms with Gasteiger partial charge < -0.3 is 11.5 Å². The molecule has 0 aliphatic heterocycles. The number of halogens is 1. The van der Waals surface area contributed by atoms with E-state index in [1.165, 1.54) is 17.8 Å². The SMILES string of the molecule is C[C@@H](Sc1nc(N)cc(N)n1)C(=O)c1ccc(Br)cc1. The number of aromatic nitrogens is 2. The first kappa shape index (κ1) is 14.8. The van der Waals surface area contributed by atoms with E-state index in [2.05, 4.69) is 25.9 Å². The zero-order valence-corrected chi connectivity index (χ0v) is 13.1. The number of benzene rings is 1. The maximum Gasteiger partial charge on any atom is 0.192 e. The van der Waals surface area contributed by atoms with Gasteiger partial charge in [-0.15, -0.1) is 0 Å². The van der Waals surface area contributed by atoms with Crippen LogP contribution in [0.25, 0.3) is 0 Å². The van der Waals surface area contributed by atoms with Gasteiger partial charge in [-0.25, -0.2) is 9.97 Å². The van der Waals surface area contributed by atoms with E-state index in [4.69, 9.17) is 11.5 Å². The molecule has 4 N–H and O–H groups in total. The number of carbonyl (C=O) groups is 1. The van der Waals surface area contributed by atoms with Gasteiger partial charge in [-0.05, 0) is 19.1 Å². The first-order valence-electron chi connectivity index (χ1n) is 5.82. The van der Waals surface area contributed by atoms with Crippen molar-refractivity contribution in [3.63, 3.8) is 0 Å². The van der Waals surface area contributed by atoms with E-state index in [0.717, 1.165) is 4.47 Å². The van der Waals surface area contributed by atoms with Crippen LogP contribution in [0.1, 0.15) is 17.3 Å². The third kappa shape index (κ3) is 3.71. The smallest absolute Gasteiger partial charge is 0.192 e. The quantitative estimate of drug-likeness (QED) is 0.499. The Morgan fingerprint density at radius 2 is 1.75 bits per heavy atom. The van der Waals surface area contributed by atoms with Crippen LogP contribution in [-0.4, -0.2) is 21.0 Å². The number of hydrogen-bond acceptors (Lipinski definition) is 6. The highest BCUT2D eigenvalue weighted by molar-refractivity contribution is 9.10. The van der Waals surface area contributed by atoms with Crippen LogP contribution in [0.15, 0.2) is 40.0 Å². The molecule has 104 valence electrons. The van der Waals surface area contributed by atoms with Crippen molar-refractivity contribution in [1.82, 2.24) is 9.97 Å². The zero-order valence-electron chi connectivity index (χ0n) is 10.7. The van der Waals surface area contributed by atoms with Crippen LogP contribution in [0.4, 0.5) is 11.6 Å². The van der Waals surface area contributed by atoms with Gasteiger partial charge in [0.25, 0.3) is 0 Å². The van der Waals surface area contributed by atoms with E-state index in [1.807, 2.05) is 12.1 Å². The fourth-order valence-corrected chi connectivity index (χ4v) is 2.72. The molecule has 2 rings (SSSR count). The van der Waals surface area contributed by atoms with Crippen molar-refractivity contribution >= 4 is 45.1 Å². The molecule has 1 aromatic heterocycles. The predicted octanol–water partition coefficient (Wildman–Crippen LogP) is 2.77. The molecular formula is C13H13BrN4OS. The van der Waals surface area contributed by atoms with Gasteiger partial charge in [0, 0.05) is 16.1 Å². The van der Waals surface area contributed by atoms with Crippen LogP contribution in [0.5, 0.6) is 0 Å². The average Bonchev–Trinajstić information content (AvgIpc) is 2.37. The van der Waals surface area contributed by atoms with Crippen LogP contribution in [-0.2, 0) is 0 Å². The molecule has 0 saturated heterocycles. The Balaban J connectivity index is 2.13. The van der Waals surface area contributed by atoms with Gasteiger partial charge in [0.1, 0.15) is 11.6 Å². The molecule has 0 spiro atoms. The van der Waals surface area contributed by atoms with E-state index in [9.17, 15) is 4.79 Å². The normalized spacial score (nSPS) is 12.1. The monoisotopic (exact) mass is 352 g/mol. The lowest BCUT2D eigenvalue weighted by Crippen LogP contribution is -2.14. The number of nitrogens with zero attached hydrogens (tertiary/aromatic N) is 2. The summed E-state index contributed by atoms with van der Waals surface area (Å²) in [7, 11) is 0. The van der Waals surface area contributed by atoms with Crippen molar-refractivity contribution in [3.05, 3.63) is 40.4 Å². The molecule has 7 heteroatoms. The van der Waals surface area contributed by atoms with Crippen molar-refractivity contribution < 1.29 is 4.79 Å². The highest BCUT2D eigenvalue weighted by Gasteiger charge is 2.18. The predicted molar refractivity (Wildman–Crippen MR) is 84.6 cm³/mol. The third-order valence-corrected chi connectivity index (χ3v) is 4.02. The molecule has 0 aliphatic carbocycles. The van der Waals surface area contributed by atoms with Crippen LogP contribution < -0.4 is 11.5 Å². The van der Waals surface area contributed by atoms with E-state index < -0.39 is 0 Å². The molecule has 5 nitrogen and oxygen atoms in total. The van der Waals surface area contributed by atoms with Gasteiger partial charge in [-0.2, -0.15) is 0 Å². The van der Waals surface area contributed by atoms with E-state index >= 15 is 0 Å². The number of thioether (sulfide) groups is 1. The molecule has 0 aliphatic rings. The standard InChI is InChI=1S/C13H13BrN4OS/c1-7(12(19)8-2-4-9(14)5-3-8)20-13-17-10(15)6-11(16)18-13/h2-7H,1H3,(H4,15,16,17,18)/t7-/m1/s1. The number of hydrogen-bond donors (Lipinski definition) is 2. The maximum absolute atomic E-state index is 12.3. The van der Waals surface area contributed by atoms with Gasteiger partial charge in [-0.1, -0.05) is 39.8 Å². The highest BCUT2D eigenvalue weighted by atomic mass is 79.9. The molecule has 1 atom stereocenters. The summed E-state index contributed by atoms with van der Waals surface area (Å²) in [6.45, 7) is 1.80. The Labute approximate surface area is 129 Å². The Morgan fingerprint density at radius 1 is 1.20 bits per heavy atom. The molecule has 0 unspecified atom stereocenters. The Kier molecular flexibility index (Phi) is 4.61. The lowest BCUT2D eigenvalue weighted by molar-refractivity contribution is 0.0994. The molecular weight excluding hydrogens is 340 g/mol. The first-order valence-corrected chi connectivity index (χ1v) is 7.49. The average molecular weight is 353 g/mol. The third-order valence-electron chi connectivity index (χ3n) is 2.53. The number of carbonyl (C=O) groups excluding carboxylic acids is 1. The van der Waals surface area contributed by atoms with Gasteiger partial charge in [0.2, 0.25) is 0 Å². The molecule has 0 fully saturated rings. The first-order chi connectivity index (χ1) is 9.45. The molecule has 0 saturated carbocycles. The van der Waals surface area contributed by atoms with E-state index in [1.54, 1.807) is 19.1 Å². The molecule has 0 radical (unpaired) electrons. The number of rotatable bonds is 4. The Hall–Kier alpha value is -1.60. The summed E-state index contributed by atoms with van der Waals surface area (Å²) in [5.41, 5.74) is 11.9. The van der Waals surface area contributed by atoms with Crippen LogP contribution in [0.3, 0.4) is 0 Å². The summed E-state index contributed by atoms with van der Waals surface area (Å²) in [6, 6.07) is 8.70. The number of Topliss-reactive ketones (excluding diaryl/α,β-unsaturated/α-hetero) is 1.